The van der Waals surface area contributed by atoms with Crippen LogP contribution in [0.1, 0.15) is 32.8 Å². The fourth-order valence-electron chi connectivity index (χ4n) is 5.90. The SMILES string of the molecule is O=C1c2oc3ccc(Cl)cc3c(=O)c2C2(C(=O)N(Cc3ccccc3F)c3ccccc32)N1Cc1ccccc1. The van der Waals surface area contributed by atoms with E-state index in [1.165, 1.54) is 28.0 Å². The number of rotatable bonds is 4. The Bertz CT molecular complexity index is 1920. The van der Waals surface area contributed by atoms with E-state index >= 15 is 0 Å². The lowest BCUT2D eigenvalue weighted by Gasteiger charge is -2.34. The minimum Gasteiger partial charge on any atom is -0.450 e. The summed E-state index contributed by atoms with van der Waals surface area (Å²) in [7, 11) is 0. The lowest BCUT2D eigenvalue weighted by atomic mass is 9.83. The third-order valence-corrected chi connectivity index (χ3v) is 7.90. The molecule has 0 bridgehead atoms. The zero-order valence-electron chi connectivity index (χ0n) is 20.9. The summed E-state index contributed by atoms with van der Waals surface area (Å²) in [4.78, 5) is 46.0. The summed E-state index contributed by atoms with van der Waals surface area (Å²) in [6.07, 6.45) is 0. The fraction of sp³-hybridized carbons (Fsp3) is 0.0938. The van der Waals surface area contributed by atoms with Crippen LogP contribution in [0.2, 0.25) is 5.02 Å². The van der Waals surface area contributed by atoms with Gasteiger partial charge in [0.15, 0.2) is 11.0 Å². The van der Waals surface area contributed by atoms with E-state index in [1.54, 1.807) is 48.5 Å². The average molecular weight is 551 g/mol. The quantitative estimate of drug-likeness (QED) is 0.274. The summed E-state index contributed by atoms with van der Waals surface area (Å²) < 4.78 is 20.8. The summed E-state index contributed by atoms with van der Waals surface area (Å²) in [6, 6.07) is 27.0. The highest BCUT2D eigenvalue weighted by Crippen LogP contribution is 2.53. The molecule has 2 aliphatic heterocycles. The van der Waals surface area contributed by atoms with Gasteiger partial charge in [0.2, 0.25) is 5.76 Å². The minimum atomic E-state index is -1.82. The maximum atomic E-state index is 14.8. The Morgan fingerprint density at radius 2 is 1.55 bits per heavy atom. The van der Waals surface area contributed by atoms with Gasteiger partial charge in [0.05, 0.1) is 23.2 Å². The summed E-state index contributed by atoms with van der Waals surface area (Å²) in [6.45, 7) is -0.0499. The van der Waals surface area contributed by atoms with Crippen molar-refractivity contribution in [1.82, 2.24) is 4.90 Å². The zero-order valence-corrected chi connectivity index (χ0v) is 21.7. The molecule has 7 rings (SSSR count). The van der Waals surface area contributed by atoms with Crippen LogP contribution >= 0.6 is 11.6 Å². The standard InChI is InChI=1S/C32H20ClFN2O4/c33-21-14-15-26-22(16-21)28(37)27-29(40-26)30(38)36(17-19-8-2-1-3-9-19)32(27)23-11-5-7-13-25(23)35(31(32)39)18-20-10-4-6-12-24(20)34/h1-16H,17-18H2. The van der Waals surface area contributed by atoms with Crippen LogP contribution in [0.15, 0.2) is 106 Å². The van der Waals surface area contributed by atoms with Gasteiger partial charge < -0.3 is 14.2 Å². The van der Waals surface area contributed by atoms with Crippen molar-refractivity contribution in [3.05, 3.63) is 146 Å². The van der Waals surface area contributed by atoms with Gasteiger partial charge in [-0.25, -0.2) is 4.39 Å². The minimum absolute atomic E-state index is 0.0357. The first-order valence-corrected chi connectivity index (χ1v) is 13.1. The van der Waals surface area contributed by atoms with Crippen LogP contribution in [0.5, 0.6) is 0 Å². The number of anilines is 1. The maximum Gasteiger partial charge on any atom is 0.291 e. The molecule has 0 saturated heterocycles. The molecule has 0 aliphatic carbocycles. The molecule has 0 fully saturated rings. The van der Waals surface area contributed by atoms with E-state index < -0.39 is 28.6 Å². The smallest absolute Gasteiger partial charge is 0.291 e. The molecule has 1 unspecified atom stereocenters. The van der Waals surface area contributed by atoms with Crippen molar-refractivity contribution in [2.75, 3.05) is 4.90 Å². The number of hydrogen-bond donors (Lipinski definition) is 0. The van der Waals surface area contributed by atoms with E-state index in [1.807, 2.05) is 30.3 Å². The van der Waals surface area contributed by atoms with Crippen molar-refractivity contribution < 1.29 is 18.4 Å². The third kappa shape index (κ3) is 3.31. The fourth-order valence-corrected chi connectivity index (χ4v) is 6.08. The predicted molar refractivity (Wildman–Crippen MR) is 149 cm³/mol. The molecular formula is C32H20ClFN2O4. The van der Waals surface area contributed by atoms with Gasteiger partial charge in [-0.2, -0.15) is 0 Å². The Labute approximate surface area is 232 Å². The predicted octanol–water partition coefficient (Wildman–Crippen LogP) is 6.03. The Kier molecular flexibility index (Phi) is 5.40. The molecule has 1 aromatic heterocycles. The topological polar surface area (TPSA) is 70.8 Å². The van der Waals surface area contributed by atoms with Crippen LogP contribution in [0.3, 0.4) is 0 Å². The van der Waals surface area contributed by atoms with Gasteiger partial charge in [-0.3, -0.25) is 14.4 Å². The van der Waals surface area contributed by atoms with Crippen LogP contribution in [-0.4, -0.2) is 16.7 Å². The molecule has 1 atom stereocenters. The van der Waals surface area contributed by atoms with Crippen LogP contribution in [0, 0.1) is 5.82 Å². The Hall–Kier alpha value is -4.75. The molecule has 0 saturated carbocycles. The average Bonchev–Trinajstić information content (AvgIpc) is 3.35. The first kappa shape index (κ1) is 24.3. The first-order chi connectivity index (χ1) is 19.4. The molecule has 8 heteroatoms. The van der Waals surface area contributed by atoms with Crippen LogP contribution in [0.4, 0.5) is 10.1 Å². The summed E-state index contributed by atoms with van der Waals surface area (Å²) in [5, 5.41) is 0.483. The van der Waals surface area contributed by atoms with E-state index in [2.05, 4.69) is 0 Å². The number of fused-ring (bicyclic) bond motifs is 5. The Morgan fingerprint density at radius 3 is 2.35 bits per heavy atom. The molecule has 5 aromatic rings. The number of hydrogen-bond acceptors (Lipinski definition) is 4. The van der Waals surface area contributed by atoms with E-state index in [0.29, 0.717) is 21.8 Å². The van der Waals surface area contributed by atoms with Crippen molar-refractivity contribution >= 4 is 40.1 Å². The van der Waals surface area contributed by atoms with Gasteiger partial charge in [0.1, 0.15) is 11.4 Å². The number of carbonyl (C=O) groups is 2. The normalized spacial score (nSPS) is 17.6. The highest BCUT2D eigenvalue weighted by Gasteiger charge is 2.65. The monoisotopic (exact) mass is 550 g/mol. The highest BCUT2D eigenvalue weighted by molar-refractivity contribution is 6.31. The van der Waals surface area contributed by atoms with E-state index in [0.717, 1.165) is 5.56 Å². The first-order valence-electron chi connectivity index (χ1n) is 12.7. The molecule has 0 radical (unpaired) electrons. The van der Waals surface area contributed by atoms with Crippen molar-refractivity contribution in [3.63, 3.8) is 0 Å². The highest BCUT2D eigenvalue weighted by atomic mass is 35.5. The number of amides is 2. The Balaban J connectivity index is 1.53. The number of halogens is 2. The molecule has 2 aliphatic rings. The second-order valence-electron chi connectivity index (χ2n) is 9.86. The number of benzene rings is 4. The second kappa shape index (κ2) is 8.89. The van der Waals surface area contributed by atoms with Crippen molar-refractivity contribution in [3.8, 4) is 0 Å². The number of carbonyl (C=O) groups excluding carboxylic acids is 2. The largest absolute Gasteiger partial charge is 0.450 e. The maximum absolute atomic E-state index is 14.8. The molecule has 40 heavy (non-hydrogen) atoms. The molecule has 1 spiro atoms. The summed E-state index contributed by atoms with van der Waals surface area (Å²) in [5.74, 6) is -1.76. The zero-order chi connectivity index (χ0) is 27.6. The molecule has 6 nitrogen and oxygen atoms in total. The van der Waals surface area contributed by atoms with Gasteiger partial charge in [0, 0.05) is 22.7 Å². The van der Waals surface area contributed by atoms with Gasteiger partial charge in [-0.15, -0.1) is 0 Å². The van der Waals surface area contributed by atoms with E-state index in [-0.39, 0.29) is 35.4 Å². The molecule has 4 aromatic carbocycles. The van der Waals surface area contributed by atoms with E-state index in [9.17, 15) is 18.8 Å². The lowest BCUT2D eigenvalue weighted by Crippen LogP contribution is -2.53. The third-order valence-electron chi connectivity index (χ3n) is 7.67. The van der Waals surface area contributed by atoms with Gasteiger partial charge >= 0.3 is 0 Å². The van der Waals surface area contributed by atoms with Crippen LogP contribution in [-0.2, 0) is 23.4 Å². The summed E-state index contributed by atoms with van der Waals surface area (Å²) >= 11 is 6.23. The van der Waals surface area contributed by atoms with Crippen LogP contribution < -0.4 is 10.3 Å². The van der Waals surface area contributed by atoms with Crippen molar-refractivity contribution in [1.29, 1.82) is 0 Å². The lowest BCUT2D eigenvalue weighted by molar-refractivity contribution is -0.126. The van der Waals surface area contributed by atoms with Crippen LogP contribution in [0.25, 0.3) is 11.0 Å². The van der Waals surface area contributed by atoms with Crippen molar-refractivity contribution in [2.24, 2.45) is 0 Å². The van der Waals surface area contributed by atoms with Gasteiger partial charge in [0.25, 0.3) is 11.8 Å². The van der Waals surface area contributed by atoms with Gasteiger partial charge in [-0.1, -0.05) is 78.3 Å². The molecule has 0 N–H and O–H groups in total. The molecule has 196 valence electrons. The molecule has 3 heterocycles. The van der Waals surface area contributed by atoms with Crippen molar-refractivity contribution in [2.45, 2.75) is 18.6 Å². The molecule has 2 amide bonds. The number of nitrogens with zero attached hydrogens (tertiary/aromatic N) is 2. The van der Waals surface area contributed by atoms with E-state index in [4.69, 9.17) is 16.0 Å². The van der Waals surface area contributed by atoms with Gasteiger partial charge in [-0.05, 0) is 35.9 Å². The molecular weight excluding hydrogens is 531 g/mol. The summed E-state index contributed by atoms with van der Waals surface area (Å²) in [5.41, 5.74) is -0.190. The second-order valence-corrected chi connectivity index (χ2v) is 10.3. The Morgan fingerprint density at radius 1 is 0.825 bits per heavy atom. The number of para-hydroxylation sites is 1.